The molecule has 0 aliphatic heterocycles. The zero-order valence-corrected chi connectivity index (χ0v) is 10.8. The van der Waals surface area contributed by atoms with E-state index in [1.165, 1.54) is 0 Å². The van der Waals surface area contributed by atoms with Crippen LogP contribution in [0.5, 0.6) is 5.75 Å². The minimum absolute atomic E-state index is 0.193. The second-order valence-electron chi connectivity index (χ2n) is 4.11. The maximum atomic E-state index is 5.20. The molecule has 0 spiro atoms. The number of hydrogen-bond donors (Lipinski definition) is 1. The highest BCUT2D eigenvalue weighted by Gasteiger charge is 2.08. The van der Waals surface area contributed by atoms with Crippen molar-refractivity contribution in [1.82, 2.24) is 15.5 Å². The van der Waals surface area contributed by atoms with Gasteiger partial charge in [-0.25, -0.2) is 0 Å². The fourth-order valence-electron chi connectivity index (χ4n) is 1.69. The highest BCUT2D eigenvalue weighted by Crippen LogP contribution is 2.18. The standard InChI is InChI=1S/C13H17N3O2/c1-9(11-5-4-6-12(7-11)17-3)14-8-13-15-10(2)18-16-13/h4-7,9,14H,8H2,1-3H3/t9-/m1/s1. The van der Waals surface area contributed by atoms with Crippen molar-refractivity contribution in [2.45, 2.75) is 26.4 Å². The van der Waals surface area contributed by atoms with Gasteiger partial charge >= 0.3 is 0 Å². The first-order valence-electron chi connectivity index (χ1n) is 5.85. The van der Waals surface area contributed by atoms with Crippen LogP contribution < -0.4 is 10.1 Å². The van der Waals surface area contributed by atoms with Gasteiger partial charge in [-0.2, -0.15) is 4.98 Å². The molecular formula is C13H17N3O2. The number of ether oxygens (including phenoxy) is 1. The molecule has 0 unspecified atom stereocenters. The second-order valence-corrected chi connectivity index (χ2v) is 4.11. The van der Waals surface area contributed by atoms with Gasteiger partial charge in [0.05, 0.1) is 13.7 Å². The normalized spacial score (nSPS) is 12.4. The van der Waals surface area contributed by atoms with Gasteiger partial charge in [-0.1, -0.05) is 17.3 Å². The van der Waals surface area contributed by atoms with Gasteiger partial charge in [0, 0.05) is 13.0 Å². The smallest absolute Gasteiger partial charge is 0.223 e. The van der Waals surface area contributed by atoms with Crippen LogP contribution in [-0.2, 0) is 6.54 Å². The fraction of sp³-hybridized carbons (Fsp3) is 0.385. The molecule has 0 amide bonds. The van der Waals surface area contributed by atoms with Gasteiger partial charge < -0.3 is 14.6 Å². The Morgan fingerprint density at radius 1 is 1.44 bits per heavy atom. The van der Waals surface area contributed by atoms with Crippen LogP contribution in [0, 0.1) is 6.92 Å². The summed E-state index contributed by atoms with van der Waals surface area (Å²) in [6.45, 7) is 4.44. The topological polar surface area (TPSA) is 60.2 Å². The Morgan fingerprint density at radius 2 is 2.28 bits per heavy atom. The summed E-state index contributed by atoms with van der Waals surface area (Å²) in [5.74, 6) is 2.11. The molecule has 1 N–H and O–H groups in total. The molecule has 0 fully saturated rings. The minimum Gasteiger partial charge on any atom is -0.497 e. The lowest BCUT2D eigenvalue weighted by molar-refractivity contribution is 0.384. The van der Waals surface area contributed by atoms with Crippen LogP contribution in [0.3, 0.4) is 0 Å². The molecule has 1 aromatic heterocycles. The van der Waals surface area contributed by atoms with Gasteiger partial charge in [-0.15, -0.1) is 0 Å². The van der Waals surface area contributed by atoms with E-state index < -0.39 is 0 Å². The van der Waals surface area contributed by atoms with Crippen molar-refractivity contribution in [3.8, 4) is 5.75 Å². The van der Waals surface area contributed by atoms with E-state index in [0.717, 1.165) is 11.3 Å². The monoisotopic (exact) mass is 247 g/mol. The molecule has 0 aliphatic rings. The van der Waals surface area contributed by atoms with E-state index in [0.29, 0.717) is 18.3 Å². The first-order valence-corrected chi connectivity index (χ1v) is 5.85. The van der Waals surface area contributed by atoms with Crippen LogP contribution in [-0.4, -0.2) is 17.3 Å². The van der Waals surface area contributed by atoms with Gasteiger partial charge in [0.25, 0.3) is 0 Å². The summed E-state index contributed by atoms with van der Waals surface area (Å²) in [4.78, 5) is 4.15. The molecule has 2 aromatic rings. The molecule has 1 aromatic carbocycles. The maximum absolute atomic E-state index is 5.20. The van der Waals surface area contributed by atoms with Crippen LogP contribution in [0.4, 0.5) is 0 Å². The van der Waals surface area contributed by atoms with Crippen molar-refractivity contribution >= 4 is 0 Å². The van der Waals surface area contributed by atoms with E-state index in [-0.39, 0.29) is 6.04 Å². The Labute approximate surface area is 106 Å². The summed E-state index contributed by atoms with van der Waals surface area (Å²) < 4.78 is 10.1. The van der Waals surface area contributed by atoms with Gasteiger partial charge in [0.2, 0.25) is 5.89 Å². The number of aromatic nitrogens is 2. The van der Waals surface area contributed by atoms with Crippen molar-refractivity contribution in [2.24, 2.45) is 0 Å². The third-order valence-corrected chi connectivity index (χ3v) is 2.73. The largest absolute Gasteiger partial charge is 0.497 e. The number of nitrogens with zero attached hydrogens (tertiary/aromatic N) is 2. The van der Waals surface area contributed by atoms with Crippen molar-refractivity contribution < 1.29 is 9.26 Å². The molecule has 0 bridgehead atoms. The third kappa shape index (κ3) is 3.07. The average molecular weight is 247 g/mol. The molecule has 0 saturated carbocycles. The molecule has 18 heavy (non-hydrogen) atoms. The summed E-state index contributed by atoms with van der Waals surface area (Å²) in [5, 5.41) is 7.18. The number of hydrogen-bond acceptors (Lipinski definition) is 5. The summed E-state index contributed by atoms with van der Waals surface area (Å²) in [6, 6.07) is 8.17. The molecule has 1 atom stereocenters. The van der Waals surface area contributed by atoms with Gasteiger partial charge in [-0.05, 0) is 24.6 Å². The minimum atomic E-state index is 0.193. The molecule has 1 heterocycles. The highest BCUT2D eigenvalue weighted by atomic mass is 16.5. The predicted octanol–water partition coefficient (Wildman–Crippen LogP) is 2.24. The summed E-state index contributed by atoms with van der Waals surface area (Å²) in [5.41, 5.74) is 1.16. The summed E-state index contributed by atoms with van der Waals surface area (Å²) in [7, 11) is 1.67. The van der Waals surface area contributed by atoms with Crippen LogP contribution in [0.15, 0.2) is 28.8 Å². The van der Waals surface area contributed by atoms with E-state index in [2.05, 4.69) is 28.4 Å². The SMILES string of the molecule is COc1cccc([C@@H](C)NCc2noc(C)n2)c1. The molecule has 2 rings (SSSR count). The maximum Gasteiger partial charge on any atom is 0.223 e. The Bertz CT molecular complexity index is 510. The molecule has 5 nitrogen and oxygen atoms in total. The zero-order chi connectivity index (χ0) is 13.0. The summed E-state index contributed by atoms with van der Waals surface area (Å²) in [6.07, 6.45) is 0. The van der Waals surface area contributed by atoms with E-state index >= 15 is 0 Å². The number of benzene rings is 1. The molecule has 5 heteroatoms. The Kier molecular flexibility index (Phi) is 3.94. The number of rotatable bonds is 5. The number of nitrogens with one attached hydrogen (secondary N) is 1. The first-order chi connectivity index (χ1) is 8.69. The molecule has 0 radical (unpaired) electrons. The molecule has 0 aliphatic carbocycles. The third-order valence-electron chi connectivity index (χ3n) is 2.73. The highest BCUT2D eigenvalue weighted by molar-refractivity contribution is 5.30. The Morgan fingerprint density at radius 3 is 2.94 bits per heavy atom. The predicted molar refractivity (Wildman–Crippen MR) is 67.3 cm³/mol. The van der Waals surface area contributed by atoms with Crippen molar-refractivity contribution in [3.05, 3.63) is 41.5 Å². The Balaban J connectivity index is 1.96. The lowest BCUT2D eigenvalue weighted by Gasteiger charge is -2.13. The van der Waals surface area contributed by atoms with Crippen molar-refractivity contribution in [1.29, 1.82) is 0 Å². The van der Waals surface area contributed by atoms with Gasteiger partial charge in [-0.3, -0.25) is 0 Å². The first kappa shape index (κ1) is 12.6. The molecule has 96 valence electrons. The second kappa shape index (κ2) is 5.64. The lowest BCUT2D eigenvalue weighted by Crippen LogP contribution is -2.18. The number of methoxy groups -OCH3 is 1. The van der Waals surface area contributed by atoms with E-state index in [1.807, 2.05) is 18.2 Å². The van der Waals surface area contributed by atoms with E-state index in [4.69, 9.17) is 9.26 Å². The van der Waals surface area contributed by atoms with Crippen molar-refractivity contribution in [3.63, 3.8) is 0 Å². The fourth-order valence-corrected chi connectivity index (χ4v) is 1.69. The van der Waals surface area contributed by atoms with Gasteiger partial charge in [0.15, 0.2) is 5.82 Å². The van der Waals surface area contributed by atoms with E-state index in [1.54, 1.807) is 14.0 Å². The van der Waals surface area contributed by atoms with Crippen LogP contribution >= 0.6 is 0 Å². The van der Waals surface area contributed by atoms with Crippen LogP contribution in [0.25, 0.3) is 0 Å². The average Bonchev–Trinajstić information content (AvgIpc) is 2.82. The van der Waals surface area contributed by atoms with Crippen LogP contribution in [0.2, 0.25) is 0 Å². The van der Waals surface area contributed by atoms with E-state index in [9.17, 15) is 0 Å². The van der Waals surface area contributed by atoms with Gasteiger partial charge in [0.1, 0.15) is 5.75 Å². The molecule has 0 saturated heterocycles. The molecular weight excluding hydrogens is 230 g/mol. The quantitative estimate of drug-likeness (QED) is 0.878. The Hall–Kier alpha value is -1.88. The zero-order valence-electron chi connectivity index (χ0n) is 10.8. The summed E-state index contributed by atoms with van der Waals surface area (Å²) >= 11 is 0. The van der Waals surface area contributed by atoms with Crippen LogP contribution in [0.1, 0.15) is 30.2 Å². The van der Waals surface area contributed by atoms with Crippen molar-refractivity contribution in [2.75, 3.05) is 7.11 Å². The lowest BCUT2D eigenvalue weighted by atomic mass is 10.1. The number of aryl methyl sites for hydroxylation is 1.